The number of carboxylic acids is 1. The summed E-state index contributed by atoms with van der Waals surface area (Å²) in [5.74, 6) is -1.70. The quantitative estimate of drug-likeness (QED) is 0.500. The molecule has 3 rings (SSSR count). The van der Waals surface area contributed by atoms with Crippen molar-refractivity contribution in [2.45, 2.75) is 25.4 Å². The Balaban J connectivity index is 1.52. The van der Waals surface area contributed by atoms with Crippen molar-refractivity contribution in [3.63, 3.8) is 0 Å². The summed E-state index contributed by atoms with van der Waals surface area (Å²) < 4.78 is 11.0. The number of carboxylic acid groups (broad SMARTS) is 1. The van der Waals surface area contributed by atoms with Crippen molar-refractivity contribution in [3.8, 4) is 11.1 Å². The van der Waals surface area contributed by atoms with Gasteiger partial charge in [-0.15, -0.1) is 0 Å². The maximum Gasteiger partial charge on any atom is 0.407 e. The number of benzene rings is 2. The lowest BCUT2D eigenvalue weighted by Gasteiger charge is -2.21. The number of nitrogens with one attached hydrogen (secondary N) is 1. The number of hydroxylamine groups is 2. The predicted octanol–water partition coefficient (Wildman–Crippen LogP) is 2.79. The number of hydrogen-bond donors (Lipinski definition) is 2. The first-order chi connectivity index (χ1) is 15.9. The summed E-state index contributed by atoms with van der Waals surface area (Å²) >= 11 is 0. The lowest BCUT2D eigenvalue weighted by atomic mass is 9.98. The van der Waals surface area contributed by atoms with Crippen LogP contribution in [-0.4, -0.2) is 67.7 Å². The molecule has 176 valence electrons. The molecule has 0 fully saturated rings. The van der Waals surface area contributed by atoms with E-state index in [0.29, 0.717) is 6.61 Å². The molecule has 0 saturated heterocycles. The molecule has 2 aromatic rings. The van der Waals surface area contributed by atoms with Crippen molar-refractivity contribution < 1.29 is 33.8 Å². The third-order valence-corrected chi connectivity index (χ3v) is 5.36. The number of fused-ring (bicyclic) bond motifs is 3. The summed E-state index contributed by atoms with van der Waals surface area (Å²) in [7, 11) is 1.33. The van der Waals surface area contributed by atoms with Gasteiger partial charge in [0.1, 0.15) is 6.61 Å². The number of nitrogens with zero attached hydrogens (tertiary/aromatic N) is 1. The largest absolute Gasteiger partial charge is 0.479 e. The molecule has 9 nitrogen and oxygen atoms in total. The van der Waals surface area contributed by atoms with Gasteiger partial charge in [-0.1, -0.05) is 48.5 Å². The molecule has 2 aromatic carbocycles. The molecule has 1 aliphatic carbocycles. The standard InChI is InChI=1S/C24H28N2O7/c1-3-31-16(12-22(27)26(2)33-15-23(28)29)13-25-24(30)32-14-21-19-10-6-4-8-17(19)18-9-5-7-11-20(18)21/h4-11,16,21H,3,12-15H2,1-2H3,(H,25,30)(H,28,29). The van der Waals surface area contributed by atoms with E-state index in [1.54, 1.807) is 6.92 Å². The average molecular weight is 456 g/mol. The molecule has 1 atom stereocenters. The first-order valence-corrected chi connectivity index (χ1v) is 10.7. The van der Waals surface area contributed by atoms with Crippen molar-refractivity contribution in [1.29, 1.82) is 0 Å². The summed E-state index contributed by atoms with van der Waals surface area (Å²) in [6.45, 7) is 1.73. The highest BCUT2D eigenvalue weighted by Crippen LogP contribution is 2.44. The van der Waals surface area contributed by atoms with Crippen LogP contribution in [0.15, 0.2) is 48.5 Å². The van der Waals surface area contributed by atoms with Crippen LogP contribution in [-0.2, 0) is 23.9 Å². The number of amides is 2. The second-order valence-corrected chi connectivity index (χ2v) is 7.55. The highest BCUT2D eigenvalue weighted by atomic mass is 16.7. The van der Waals surface area contributed by atoms with Gasteiger partial charge in [-0.25, -0.2) is 14.7 Å². The second kappa shape index (κ2) is 11.4. The Kier molecular flexibility index (Phi) is 8.39. The minimum absolute atomic E-state index is 0.0487. The van der Waals surface area contributed by atoms with Crippen molar-refractivity contribution in [1.82, 2.24) is 10.4 Å². The summed E-state index contributed by atoms with van der Waals surface area (Å²) in [5.41, 5.74) is 4.53. The SMILES string of the molecule is CCOC(CNC(=O)OCC1c2ccccc2-c2ccccc21)CC(=O)N(C)OCC(=O)O. The fraction of sp³-hybridized carbons (Fsp3) is 0.375. The van der Waals surface area contributed by atoms with E-state index in [9.17, 15) is 14.4 Å². The van der Waals surface area contributed by atoms with Crippen LogP contribution < -0.4 is 5.32 Å². The average Bonchev–Trinajstić information content (AvgIpc) is 3.13. The molecule has 2 amide bonds. The van der Waals surface area contributed by atoms with Gasteiger partial charge in [0, 0.05) is 26.1 Å². The van der Waals surface area contributed by atoms with Crippen LogP contribution in [0.2, 0.25) is 0 Å². The number of ether oxygens (including phenoxy) is 2. The van der Waals surface area contributed by atoms with E-state index in [1.165, 1.54) is 7.05 Å². The van der Waals surface area contributed by atoms with Crippen LogP contribution in [0, 0.1) is 0 Å². The van der Waals surface area contributed by atoms with Gasteiger partial charge >= 0.3 is 12.1 Å². The van der Waals surface area contributed by atoms with E-state index in [2.05, 4.69) is 17.4 Å². The molecule has 2 N–H and O–H groups in total. The second-order valence-electron chi connectivity index (χ2n) is 7.55. The number of hydrogen-bond acceptors (Lipinski definition) is 6. The number of aliphatic carboxylic acids is 1. The molecule has 9 heteroatoms. The van der Waals surface area contributed by atoms with Crippen molar-refractivity contribution in [2.24, 2.45) is 0 Å². The van der Waals surface area contributed by atoms with Crippen LogP contribution in [0.5, 0.6) is 0 Å². The van der Waals surface area contributed by atoms with E-state index in [1.807, 2.05) is 36.4 Å². The molecule has 1 aliphatic rings. The van der Waals surface area contributed by atoms with Gasteiger partial charge in [0.25, 0.3) is 0 Å². The van der Waals surface area contributed by atoms with E-state index in [4.69, 9.17) is 19.4 Å². The summed E-state index contributed by atoms with van der Waals surface area (Å²) in [4.78, 5) is 40.0. The Labute approximate surface area is 192 Å². The van der Waals surface area contributed by atoms with E-state index in [-0.39, 0.29) is 25.5 Å². The summed E-state index contributed by atoms with van der Waals surface area (Å²) in [6, 6.07) is 16.1. The van der Waals surface area contributed by atoms with Gasteiger partial charge in [-0.3, -0.25) is 9.63 Å². The van der Waals surface area contributed by atoms with Gasteiger partial charge in [0.05, 0.1) is 12.5 Å². The zero-order valence-corrected chi connectivity index (χ0v) is 18.7. The minimum Gasteiger partial charge on any atom is -0.479 e. The third kappa shape index (κ3) is 6.30. The molecule has 0 aliphatic heterocycles. The minimum atomic E-state index is -1.19. The summed E-state index contributed by atoms with van der Waals surface area (Å²) in [5, 5.41) is 12.1. The van der Waals surface area contributed by atoms with Crippen molar-refractivity contribution >= 4 is 18.0 Å². The zero-order chi connectivity index (χ0) is 23.8. The fourth-order valence-electron chi connectivity index (χ4n) is 3.82. The Morgan fingerprint density at radius 3 is 2.24 bits per heavy atom. The summed E-state index contributed by atoms with van der Waals surface area (Å²) in [6.07, 6.45) is -1.31. The van der Waals surface area contributed by atoms with Crippen LogP contribution in [0.25, 0.3) is 11.1 Å². The normalized spacial score (nSPS) is 13.0. The lowest BCUT2D eigenvalue weighted by Crippen LogP contribution is -2.39. The van der Waals surface area contributed by atoms with Crippen LogP contribution in [0.1, 0.15) is 30.4 Å². The Morgan fingerprint density at radius 2 is 1.67 bits per heavy atom. The van der Waals surface area contributed by atoms with E-state index in [0.717, 1.165) is 27.3 Å². The Morgan fingerprint density at radius 1 is 1.06 bits per heavy atom. The topological polar surface area (TPSA) is 114 Å². The van der Waals surface area contributed by atoms with Gasteiger partial charge in [-0.05, 0) is 29.2 Å². The third-order valence-electron chi connectivity index (χ3n) is 5.36. The number of alkyl carbamates (subject to hydrolysis) is 1. The Bertz CT molecular complexity index is 949. The highest BCUT2D eigenvalue weighted by Gasteiger charge is 2.29. The molecular weight excluding hydrogens is 428 g/mol. The predicted molar refractivity (Wildman–Crippen MR) is 119 cm³/mol. The molecule has 1 unspecified atom stereocenters. The molecule has 0 heterocycles. The molecule has 0 aromatic heterocycles. The smallest absolute Gasteiger partial charge is 0.407 e. The number of carbonyl (C=O) groups excluding carboxylic acids is 2. The van der Waals surface area contributed by atoms with Gasteiger partial charge in [0.2, 0.25) is 5.91 Å². The molecule has 0 saturated carbocycles. The Hall–Kier alpha value is -3.43. The monoisotopic (exact) mass is 456 g/mol. The lowest BCUT2D eigenvalue weighted by molar-refractivity contribution is -0.187. The van der Waals surface area contributed by atoms with Crippen molar-refractivity contribution in [3.05, 3.63) is 59.7 Å². The maximum atomic E-state index is 12.4. The van der Waals surface area contributed by atoms with Crippen LogP contribution in [0.3, 0.4) is 0 Å². The van der Waals surface area contributed by atoms with E-state index >= 15 is 0 Å². The van der Waals surface area contributed by atoms with Crippen molar-refractivity contribution in [2.75, 3.05) is 33.4 Å². The molecule has 0 radical (unpaired) electrons. The van der Waals surface area contributed by atoms with Crippen LogP contribution >= 0.6 is 0 Å². The van der Waals surface area contributed by atoms with Crippen LogP contribution in [0.4, 0.5) is 4.79 Å². The highest BCUT2D eigenvalue weighted by molar-refractivity contribution is 5.79. The van der Waals surface area contributed by atoms with E-state index < -0.39 is 30.7 Å². The first kappa shape index (κ1) is 24.2. The van der Waals surface area contributed by atoms with Gasteiger partial charge in [0.15, 0.2) is 6.61 Å². The molecule has 0 bridgehead atoms. The molecule has 0 spiro atoms. The number of rotatable bonds is 11. The fourth-order valence-corrected chi connectivity index (χ4v) is 3.82. The van der Waals surface area contributed by atoms with Gasteiger partial charge in [-0.2, -0.15) is 0 Å². The molecule has 33 heavy (non-hydrogen) atoms. The maximum absolute atomic E-state index is 12.4. The number of carbonyl (C=O) groups is 3. The molecular formula is C24H28N2O7. The first-order valence-electron chi connectivity index (χ1n) is 10.7. The zero-order valence-electron chi connectivity index (χ0n) is 18.7. The van der Waals surface area contributed by atoms with Gasteiger partial charge < -0.3 is 19.9 Å².